The van der Waals surface area contributed by atoms with E-state index in [1.165, 1.54) is 0 Å². The molecule has 0 atom stereocenters. The predicted octanol–water partition coefficient (Wildman–Crippen LogP) is 2.83. The maximum atomic E-state index is 12.2. The van der Waals surface area contributed by atoms with Crippen LogP contribution in [0, 0.1) is 13.8 Å². The third kappa shape index (κ3) is 3.74. The fourth-order valence-electron chi connectivity index (χ4n) is 1.95. The van der Waals surface area contributed by atoms with Gasteiger partial charge in [0, 0.05) is 5.69 Å². The lowest BCUT2D eigenvalue weighted by molar-refractivity contribution is 0.600. The number of nitrogen functional groups attached to an aromatic ring is 1. The van der Waals surface area contributed by atoms with Crippen LogP contribution in [0.2, 0.25) is 0 Å². The molecule has 0 aliphatic carbocycles. The molecule has 0 unspecified atom stereocenters. The highest BCUT2D eigenvalue weighted by molar-refractivity contribution is 7.91. The van der Waals surface area contributed by atoms with Gasteiger partial charge >= 0.3 is 0 Å². The van der Waals surface area contributed by atoms with Gasteiger partial charge < -0.3 is 5.73 Å². The highest BCUT2D eigenvalue weighted by Gasteiger charge is 2.13. The van der Waals surface area contributed by atoms with Gasteiger partial charge in [-0.2, -0.15) is 0 Å². The Balaban J connectivity index is 2.21. The van der Waals surface area contributed by atoms with E-state index in [4.69, 9.17) is 5.73 Å². The number of anilines is 2. The molecule has 0 heterocycles. The lowest BCUT2D eigenvalue weighted by atomic mass is 10.1. The molecule has 0 amide bonds. The summed E-state index contributed by atoms with van der Waals surface area (Å²) >= 11 is 0. The minimum atomic E-state index is -3.45. The van der Waals surface area contributed by atoms with Gasteiger partial charge in [0.25, 0.3) is 0 Å². The van der Waals surface area contributed by atoms with E-state index in [0.29, 0.717) is 16.9 Å². The summed E-state index contributed by atoms with van der Waals surface area (Å²) in [5.74, 6) is -0.0918. The molecule has 2 rings (SSSR count). The third-order valence-corrected chi connectivity index (χ3v) is 4.21. The normalized spacial score (nSPS) is 11.3. The predicted molar refractivity (Wildman–Crippen MR) is 83.0 cm³/mol. The zero-order chi connectivity index (χ0) is 14.8. The molecule has 5 heteroatoms. The molecule has 0 saturated carbocycles. The highest BCUT2D eigenvalue weighted by atomic mass is 32.2. The monoisotopic (exact) mass is 290 g/mol. The third-order valence-electron chi connectivity index (χ3n) is 2.97. The molecule has 2 aromatic rings. The van der Waals surface area contributed by atoms with Crippen LogP contribution in [0.5, 0.6) is 0 Å². The van der Waals surface area contributed by atoms with Crippen LogP contribution in [-0.2, 0) is 15.8 Å². The zero-order valence-corrected chi connectivity index (χ0v) is 12.4. The van der Waals surface area contributed by atoms with Gasteiger partial charge in [-0.15, -0.1) is 0 Å². The van der Waals surface area contributed by atoms with Crippen molar-refractivity contribution in [2.75, 3.05) is 10.5 Å². The lowest BCUT2D eigenvalue weighted by Crippen LogP contribution is -2.16. The average molecular weight is 290 g/mol. The fourth-order valence-corrected chi connectivity index (χ4v) is 3.20. The largest absolute Gasteiger partial charge is 0.399 e. The molecule has 0 aliphatic rings. The van der Waals surface area contributed by atoms with Gasteiger partial charge in [0.2, 0.25) is 10.0 Å². The van der Waals surface area contributed by atoms with Crippen LogP contribution in [-0.4, -0.2) is 8.42 Å². The number of nitrogens with two attached hydrogens (primary N) is 1. The summed E-state index contributed by atoms with van der Waals surface area (Å²) in [5, 5.41) is 0. The lowest BCUT2D eigenvalue weighted by Gasteiger charge is -2.11. The maximum absolute atomic E-state index is 12.2. The Hall–Kier alpha value is -2.01. The summed E-state index contributed by atoms with van der Waals surface area (Å²) in [6.07, 6.45) is 0. The average Bonchev–Trinajstić information content (AvgIpc) is 2.33. The second kappa shape index (κ2) is 5.54. The van der Waals surface area contributed by atoms with E-state index in [0.717, 1.165) is 11.1 Å². The summed E-state index contributed by atoms with van der Waals surface area (Å²) in [6, 6.07) is 12.6. The van der Waals surface area contributed by atoms with E-state index >= 15 is 0 Å². The fraction of sp³-hybridized carbons (Fsp3) is 0.200. The molecule has 3 N–H and O–H groups in total. The van der Waals surface area contributed by atoms with Crippen LogP contribution in [0.15, 0.2) is 42.5 Å². The molecule has 2 aromatic carbocycles. The maximum Gasteiger partial charge on any atom is 0.236 e. The number of benzene rings is 2. The van der Waals surface area contributed by atoms with Crippen molar-refractivity contribution < 1.29 is 8.42 Å². The molecule has 4 nitrogen and oxygen atoms in total. The van der Waals surface area contributed by atoms with Gasteiger partial charge in [-0.05, 0) is 48.7 Å². The first kappa shape index (κ1) is 14.4. The van der Waals surface area contributed by atoms with Crippen LogP contribution < -0.4 is 10.5 Å². The smallest absolute Gasteiger partial charge is 0.236 e. The first-order valence-corrected chi connectivity index (χ1v) is 7.93. The Kier molecular flexibility index (Phi) is 3.99. The quantitative estimate of drug-likeness (QED) is 0.850. The van der Waals surface area contributed by atoms with Crippen LogP contribution in [0.3, 0.4) is 0 Å². The summed E-state index contributed by atoms with van der Waals surface area (Å²) < 4.78 is 27.0. The van der Waals surface area contributed by atoms with E-state index < -0.39 is 10.0 Å². The second-order valence-electron chi connectivity index (χ2n) is 4.92. The first-order chi connectivity index (χ1) is 9.35. The van der Waals surface area contributed by atoms with Gasteiger partial charge in [-0.1, -0.05) is 24.3 Å². The topological polar surface area (TPSA) is 72.2 Å². The number of nitrogens with one attached hydrogen (secondary N) is 1. The number of sulfonamides is 1. The van der Waals surface area contributed by atoms with Crippen LogP contribution >= 0.6 is 0 Å². The number of aryl methyl sites for hydroxylation is 2. The Morgan fingerprint density at radius 3 is 2.55 bits per heavy atom. The van der Waals surface area contributed by atoms with Crippen LogP contribution in [0.1, 0.15) is 16.7 Å². The first-order valence-electron chi connectivity index (χ1n) is 6.28. The van der Waals surface area contributed by atoms with Crippen molar-refractivity contribution in [2.24, 2.45) is 0 Å². The van der Waals surface area contributed by atoms with Crippen molar-refractivity contribution in [3.63, 3.8) is 0 Å². The van der Waals surface area contributed by atoms with E-state index in [2.05, 4.69) is 4.72 Å². The minimum absolute atomic E-state index is 0.0918. The van der Waals surface area contributed by atoms with Crippen molar-refractivity contribution in [1.29, 1.82) is 0 Å². The van der Waals surface area contributed by atoms with E-state index in [-0.39, 0.29) is 5.75 Å². The molecule has 106 valence electrons. The van der Waals surface area contributed by atoms with Gasteiger partial charge in [0.15, 0.2) is 0 Å². The van der Waals surface area contributed by atoms with Crippen molar-refractivity contribution in [3.05, 3.63) is 59.2 Å². The summed E-state index contributed by atoms with van der Waals surface area (Å²) in [4.78, 5) is 0. The van der Waals surface area contributed by atoms with E-state index in [1.807, 2.05) is 32.0 Å². The van der Waals surface area contributed by atoms with Crippen molar-refractivity contribution in [3.8, 4) is 0 Å². The standard InChI is InChI=1S/C15H18N2O2S/c1-11-6-7-12(2)15(8-11)17-20(18,19)10-13-4-3-5-14(16)9-13/h3-9,17H,10,16H2,1-2H3. The SMILES string of the molecule is Cc1ccc(C)c(NS(=O)(=O)Cc2cccc(N)c2)c1. The van der Waals surface area contributed by atoms with Gasteiger partial charge in [0.1, 0.15) is 0 Å². The number of hydrogen-bond acceptors (Lipinski definition) is 3. The molecule has 0 saturated heterocycles. The van der Waals surface area contributed by atoms with Gasteiger partial charge in [-0.3, -0.25) is 4.72 Å². The summed E-state index contributed by atoms with van der Waals surface area (Å²) in [6.45, 7) is 3.80. The Labute approximate surface area is 119 Å². The number of hydrogen-bond donors (Lipinski definition) is 2. The zero-order valence-electron chi connectivity index (χ0n) is 11.6. The van der Waals surface area contributed by atoms with Gasteiger partial charge in [-0.25, -0.2) is 8.42 Å². The Morgan fingerprint density at radius 1 is 1.10 bits per heavy atom. The van der Waals surface area contributed by atoms with Crippen molar-refractivity contribution >= 4 is 21.4 Å². The molecule has 0 aromatic heterocycles. The molecule has 20 heavy (non-hydrogen) atoms. The number of rotatable bonds is 4. The van der Waals surface area contributed by atoms with E-state index in [9.17, 15) is 8.42 Å². The molecule has 0 aliphatic heterocycles. The van der Waals surface area contributed by atoms with Crippen molar-refractivity contribution in [1.82, 2.24) is 0 Å². The van der Waals surface area contributed by atoms with Crippen LogP contribution in [0.4, 0.5) is 11.4 Å². The Bertz CT molecular complexity index is 724. The van der Waals surface area contributed by atoms with Crippen molar-refractivity contribution in [2.45, 2.75) is 19.6 Å². The summed E-state index contributed by atoms with van der Waals surface area (Å²) in [7, 11) is -3.45. The molecule has 0 fully saturated rings. The summed E-state index contributed by atoms with van der Waals surface area (Å²) in [5.41, 5.74) is 9.41. The van der Waals surface area contributed by atoms with Gasteiger partial charge in [0.05, 0.1) is 11.4 Å². The van der Waals surface area contributed by atoms with E-state index in [1.54, 1.807) is 24.3 Å². The molecular formula is C15H18N2O2S. The molecule has 0 radical (unpaired) electrons. The second-order valence-corrected chi connectivity index (χ2v) is 6.65. The molecule has 0 spiro atoms. The Morgan fingerprint density at radius 2 is 1.85 bits per heavy atom. The van der Waals surface area contributed by atoms with Crippen LogP contribution in [0.25, 0.3) is 0 Å². The molecule has 0 bridgehead atoms. The minimum Gasteiger partial charge on any atom is -0.399 e. The molecular weight excluding hydrogens is 272 g/mol. The highest BCUT2D eigenvalue weighted by Crippen LogP contribution is 2.19.